The Bertz CT molecular complexity index is 600. The van der Waals surface area contributed by atoms with Gasteiger partial charge in [-0.05, 0) is 25.7 Å². The van der Waals surface area contributed by atoms with Crippen molar-refractivity contribution in [3.63, 3.8) is 0 Å². The van der Waals surface area contributed by atoms with Gasteiger partial charge in [-0.2, -0.15) is 4.68 Å². The summed E-state index contributed by atoms with van der Waals surface area (Å²) in [5.74, 6) is 2.14. The third-order valence-electron chi connectivity index (χ3n) is 4.59. The van der Waals surface area contributed by atoms with Crippen LogP contribution in [0, 0.1) is 5.92 Å². The Morgan fingerprint density at radius 1 is 1.24 bits per heavy atom. The lowest BCUT2D eigenvalue weighted by molar-refractivity contribution is -0.741. The molecular weight excluding hydrogens is 258 g/mol. The first-order valence-corrected chi connectivity index (χ1v) is 8.11. The molecule has 0 amide bonds. The number of hydrogen-bond donors (Lipinski definition) is 0. The molecule has 0 bridgehead atoms. The standard InChI is InChI=1S/C18H26N3/c1-4-21-17(16-10-6-5-7-11-16)13-18(19(21)3)20-12-8-9-15(2)14-20/h5-7,10-11,13,15H,4,8-9,12,14H2,1-3H3/q+1. The zero-order valence-corrected chi connectivity index (χ0v) is 13.4. The van der Waals surface area contributed by atoms with E-state index in [1.54, 1.807) is 0 Å². The van der Waals surface area contributed by atoms with E-state index in [0.717, 1.165) is 12.5 Å². The topological polar surface area (TPSA) is 12.1 Å². The molecule has 1 saturated heterocycles. The normalized spacial score (nSPS) is 19.0. The molecule has 112 valence electrons. The number of hydrogen-bond acceptors (Lipinski definition) is 1. The molecule has 0 aliphatic carbocycles. The summed E-state index contributed by atoms with van der Waals surface area (Å²) in [5.41, 5.74) is 2.61. The van der Waals surface area contributed by atoms with Gasteiger partial charge in [-0.3, -0.25) is 4.90 Å². The molecule has 0 N–H and O–H groups in total. The second kappa shape index (κ2) is 5.92. The molecule has 3 heteroatoms. The van der Waals surface area contributed by atoms with E-state index >= 15 is 0 Å². The minimum atomic E-state index is 0.795. The number of benzene rings is 1. The summed E-state index contributed by atoms with van der Waals surface area (Å²) in [6.07, 6.45) is 2.67. The Morgan fingerprint density at radius 2 is 2.00 bits per heavy atom. The molecule has 1 aliphatic heterocycles. The Kier molecular flexibility index (Phi) is 4.00. The number of aromatic nitrogens is 2. The fourth-order valence-electron chi connectivity index (χ4n) is 3.49. The molecule has 0 radical (unpaired) electrons. The first-order chi connectivity index (χ1) is 10.2. The molecule has 2 heterocycles. The average molecular weight is 284 g/mol. The highest BCUT2D eigenvalue weighted by molar-refractivity contribution is 5.62. The second-order valence-electron chi connectivity index (χ2n) is 6.19. The van der Waals surface area contributed by atoms with Gasteiger partial charge in [0.1, 0.15) is 7.05 Å². The summed E-state index contributed by atoms with van der Waals surface area (Å²) < 4.78 is 4.68. The minimum absolute atomic E-state index is 0.795. The number of anilines is 1. The van der Waals surface area contributed by atoms with Crippen molar-refractivity contribution in [3.8, 4) is 11.3 Å². The molecule has 3 rings (SSSR count). The van der Waals surface area contributed by atoms with Gasteiger partial charge in [-0.1, -0.05) is 37.3 Å². The molecule has 1 aliphatic rings. The van der Waals surface area contributed by atoms with Crippen LogP contribution in [-0.4, -0.2) is 17.8 Å². The van der Waals surface area contributed by atoms with Crippen molar-refractivity contribution in [2.45, 2.75) is 33.2 Å². The van der Waals surface area contributed by atoms with Crippen molar-refractivity contribution in [2.24, 2.45) is 13.0 Å². The SMILES string of the molecule is CCn1c(-c2ccccc2)cc(N2CCCC(C)C2)[n+]1C. The lowest BCUT2D eigenvalue weighted by atomic mass is 10.0. The van der Waals surface area contributed by atoms with E-state index < -0.39 is 0 Å². The first-order valence-electron chi connectivity index (χ1n) is 8.11. The van der Waals surface area contributed by atoms with Crippen LogP contribution in [0.15, 0.2) is 36.4 Å². The van der Waals surface area contributed by atoms with E-state index in [0.29, 0.717) is 0 Å². The van der Waals surface area contributed by atoms with Gasteiger partial charge in [0, 0.05) is 5.56 Å². The number of piperidine rings is 1. The van der Waals surface area contributed by atoms with E-state index in [2.05, 4.69) is 71.6 Å². The van der Waals surface area contributed by atoms with Crippen LogP contribution in [0.1, 0.15) is 26.7 Å². The van der Waals surface area contributed by atoms with Crippen LogP contribution >= 0.6 is 0 Å². The molecule has 1 aromatic carbocycles. The highest BCUT2D eigenvalue weighted by Crippen LogP contribution is 2.26. The Labute approximate surface area is 127 Å². The van der Waals surface area contributed by atoms with E-state index in [4.69, 9.17) is 0 Å². The molecule has 1 atom stereocenters. The zero-order valence-electron chi connectivity index (χ0n) is 13.4. The third-order valence-corrected chi connectivity index (χ3v) is 4.59. The number of nitrogens with zero attached hydrogens (tertiary/aromatic N) is 3. The summed E-state index contributed by atoms with van der Waals surface area (Å²) in [6.45, 7) is 7.93. The van der Waals surface area contributed by atoms with Gasteiger partial charge in [-0.25, -0.2) is 4.68 Å². The van der Waals surface area contributed by atoms with Crippen LogP contribution in [0.4, 0.5) is 5.82 Å². The van der Waals surface area contributed by atoms with Crippen LogP contribution in [0.2, 0.25) is 0 Å². The molecule has 1 fully saturated rings. The van der Waals surface area contributed by atoms with Crippen LogP contribution in [0.25, 0.3) is 11.3 Å². The van der Waals surface area contributed by atoms with Crippen LogP contribution < -0.4 is 9.58 Å². The van der Waals surface area contributed by atoms with Crippen molar-refractivity contribution >= 4 is 5.82 Å². The third kappa shape index (κ3) is 2.69. The summed E-state index contributed by atoms with van der Waals surface area (Å²) in [5, 5.41) is 0. The van der Waals surface area contributed by atoms with Crippen molar-refractivity contribution in [3.05, 3.63) is 36.4 Å². The summed E-state index contributed by atoms with van der Waals surface area (Å²) in [4.78, 5) is 2.55. The molecule has 1 unspecified atom stereocenters. The van der Waals surface area contributed by atoms with Gasteiger partial charge in [0.15, 0.2) is 0 Å². The van der Waals surface area contributed by atoms with Gasteiger partial charge in [-0.15, -0.1) is 0 Å². The van der Waals surface area contributed by atoms with Gasteiger partial charge in [0.25, 0.3) is 5.82 Å². The maximum absolute atomic E-state index is 2.55. The Hall–Kier alpha value is -1.77. The maximum atomic E-state index is 2.55. The Balaban J connectivity index is 2.01. The molecule has 1 aromatic heterocycles. The quantitative estimate of drug-likeness (QED) is 0.788. The lowest BCUT2D eigenvalue weighted by Crippen LogP contribution is -2.47. The van der Waals surface area contributed by atoms with Gasteiger partial charge in [0.05, 0.1) is 31.4 Å². The first kappa shape index (κ1) is 14.2. The fraction of sp³-hybridized carbons (Fsp3) is 0.500. The molecule has 2 aromatic rings. The van der Waals surface area contributed by atoms with Gasteiger partial charge < -0.3 is 0 Å². The van der Waals surface area contributed by atoms with Gasteiger partial charge >= 0.3 is 0 Å². The van der Waals surface area contributed by atoms with Crippen molar-refractivity contribution in [1.29, 1.82) is 0 Å². The molecule has 0 saturated carbocycles. The van der Waals surface area contributed by atoms with E-state index in [9.17, 15) is 0 Å². The fourth-order valence-corrected chi connectivity index (χ4v) is 3.49. The van der Waals surface area contributed by atoms with Crippen molar-refractivity contribution in [1.82, 2.24) is 4.68 Å². The van der Waals surface area contributed by atoms with Crippen molar-refractivity contribution in [2.75, 3.05) is 18.0 Å². The largest absolute Gasteiger partial charge is 0.297 e. The van der Waals surface area contributed by atoms with Crippen LogP contribution in [0.5, 0.6) is 0 Å². The second-order valence-corrected chi connectivity index (χ2v) is 6.19. The van der Waals surface area contributed by atoms with E-state index in [1.807, 2.05) is 0 Å². The number of rotatable bonds is 3. The molecular formula is C18H26N3+. The van der Waals surface area contributed by atoms with Crippen LogP contribution in [0.3, 0.4) is 0 Å². The Morgan fingerprint density at radius 3 is 2.67 bits per heavy atom. The maximum Gasteiger partial charge on any atom is 0.297 e. The zero-order chi connectivity index (χ0) is 14.8. The highest BCUT2D eigenvalue weighted by atomic mass is 15.4. The summed E-state index contributed by atoms with van der Waals surface area (Å²) in [7, 11) is 2.19. The predicted molar refractivity (Wildman–Crippen MR) is 87.3 cm³/mol. The van der Waals surface area contributed by atoms with E-state index in [-0.39, 0.29) is 0 Å². The lowest BCUT2D eigenvalue weighted by Gasteiger charge is -2.25. The molecule has 0 spiro atoms. The minimum Gasteiger partial charge on any atom is -0.260 e. The highest BCUT2D eigenvalue weighted by Gasteiger charge is 2.28. The smallest absolute Gasteiger partial charge is 0.260 e. The molecule has 3 nitrogen and oxygen atoms in total. The molecule has 21 heavy (non-hydrogen) atoms. The predicted octanol–water partition coefficient (Wildman–Crippen LogP) is 3.24. The van der Waals surface area contributed by atoms with Crippen LogP contribution in [-0.2, 0) is 13.6 Å². The summed E-state index contributed by atoms with van der Waals surface area (Å²) in [6, 6.07) is 13.1. The van der Waals surface area contributed by atoms with Crippen molar-refractivity contribution < 1.29 is 4.68 Å². The van der Waals surface area contributed by atoms with E-state index in [1.165, 1.54) is 43.0 Å². The average Bonchev–Trinajstić information content (AvgIpc) is 2.85. The van der Waals surface area contributed by atoms with Gasteiger partial charge in [0.2, 0.25) is 0 Å². The summed E-state index contributed by atoms with van der Waals surface area (Å²) >= 11 is 0. The monoisotopic (exact) mass is 284 g/mol.